The number of hydrogen-bond acceptors (Lipinski definition) is 2. The third kappa shape index (κ3) is 1.60. The average molecular weight is 195 g/mol. The van der Waals surface area contributed by atoms with Gasteiger partial charge in [0.2, 0.25) is 0 Å². The Kier molecular flexibility index (Phi) is 2.66. The molecule has 1 aliphatic heterocycles. The van der Waals surface area contributed by atoms with Gasteiger partial charge in [-0.1, -0.05) is 18.5 Å². The SMILES string of the molecule is C[C@@H]1CCC[C@@]12CC[C@H](CN=[N+]=[N-])O2. The summed E-state index contributed by atoms with van der Waals surface area (Å²) in [5.74, 6) is 0.679. The van der Waals surface area contributed by atoms with Crippen molar-refractivity contribution in [3.8, 4) is 0 Å². The van der Waals surface area contributed by atoms with Gasteiger partial charge >= 0.3 is 0 Å². The van der Waals surface area contributed by atoms with E-state index in [0.717, 1.165) is 12.8 Å². The molecule has 0 aromatic carbocycles. The van der Waals surface area contributed by atoms with Crippen LogP contribution in [-0.4, -0.2) is 18.2 Å². The van der Waals surface area contributed by atoms with E-state index >= 15 is 0 Å². The molecule has 0 unspecified atom stereocenters. The van der Waals surface area contributed by atoms with Gasteiger partial charge in [0.25, 0.3) is 0 Å². The summed E-state index contributed by atoms with van der Waals surface area (Å²) in [5.41, 5.74) is 8.37. The molecule has 1 saturated heterocycles. The first-order valence-corrected chi connectivity index (χ1v) is 5.45. The third-order valence-electron chi connectivity index (χ3n) is 3.77. The molecule has 1 aliphatic carbocycles. The normalized spacial score (nSPS) is 41.5. The molecule has 0 bridgehead atoms. The Bertz CT molecular complexity index is 262. The molecule has 0 aromatic heterocycles. The molecule has 3 atom stereocenters. The Balaban J connectivity index is 1.96. The van der Waals surface area contributed by atoms with E-state index in [9.17, 15) is 0 Å². The lowest BCUT2D eigenvalue weighted by Crippen LogP contribution is -2.32. The van der Waals surface area contributed by atoms with E-state index in [0.29, 0.717) is 12.5 Å². The quantitative estimate of drug-likeness (QED) is 0.379. The second-order valence-corrected chi connectivity index (χ2v) is 4.55. The predicted molar refractivity (Wildman–Crippen MR) is 53.9 cm³/mol. The van der Waals surface area contributed by atoms with Crippen molar-refractivity contribution in [1.29, 1.82) is 0 Å². The van der Waals surface area contributed by atoms with E-state index in [2.05, 4.69) is 16.9 Å². The molecular weight excluding hydrogens is 178 g/mol. The minimum atomic E-state index is 0.135. The maximum atomic E-state index is 8.24. The van der Waals surface area contributed by atoms with Crippen molar-refractivity contribution in [2.45, 2.75) is 50.7 Å². The Morgan fingerprint density at radius 1 is 1.50 bits per heavy atom. The summed E-state index contributed by atoms with van der Waals surface area (Å²) in [6.45, 7) is 2.79. The van der Waals surface area contributed by atoms with Crippen LogP contribution in [0, 0.1) is 5.92 Å². The van der Waals surface area contributed by atoms with Crippen LogP contribution in [-0.2, 0) is 4.74 Å². The Labute approximate surface area is 84.3 Å². The van der Waals surface area contributed by atoms with E-state index in [4.69, 9.17) is 10.3 Å². The highest BCUT2D eigenvalue weighted by Crippen LogP contribution is 2.47. The van der Waals surface area contributed by atoms with Gasteiger partial charge in [0, 0.05) is 4.91 Å². The number of rotatable bonds is 2. The molecule has 2 rings (SSSR count). The fourth-order valence-electron chi connectivity index (χ4n) is 2.87. The van der Waals surface area contributed by atoms with Gasteiger partial charge in [-0.2, -0.15) is 0 Å². The van der Waals surface area contributed by atoms with Crippen molar-refractivity contribution in [3.63, 3.8) is 0 Å². The van der Waals surface area contributed by atoms with Crippen LogP contribution in [0.4, 0.5) is 0 Å². The lowest BCUT2D eigenvalue weighted by molar-refractivity contribution is -0.0579. The lowest BCUT2D eigenvalue weighted by Gasteiger charge is -2.29. The molecule has 2 fully saturated rings. The van der Waals surface area contributed by atoms with Crippen LogP contribution in [0.5, 0.6) is 0 Å². The number of azide groups is 1. The zero-order chi connectivity index (χ0) is 10.0. The van der Waals surface area contributed by atoms with Gasteiger partial charge in [-0.05, 0) is 37.1 Å². The number of hydrogen-bond donors (Lipinski definition) is 0. The Hall–Kier alpha value is -0.730. The topological polar surface area (TPSA) is 58.0 Å². The van der Waals surface area contributed by atoms with Crippen LogP contribution in [0.2, 0.25) is 0 Å². The van der Waals surface area contributed by atoms with E-state index in [-0.39, 0.29) is 11.7 Å². The molecule has 1 spiro atoms. The van der Waals surface area contributed by atoms with Crippen molar-refractivity contribution in [3.05, 3.63) is 10.4 Å². The highest BCUT2D eigenvalue weighted by molar-refractivity contribution is 4.97. The second-order valence-electron chi connectivity index (χ2n) is 4.55. The monoisotopic (exact) mass is 195 g/mol. The van der Waals surface area contributed by atoms with Gasteiger partial charge in [0.1, 0.15) is 0 Å². The molecule has 0 radical (unpaired) electrons. The van der Waals surface area contributed by atoms with Crippen LogP contribution in [0.25, 0.3) is 10.4 Å². The molecule has 1 heterocycles. The van der Waals surface area contributed by atoms with Crippen LogP contribution >= 0.6 is 0 Å². The van der Waals surface area contributed by atoms with Crippen LogP contribution < -0.4 is 0 Å². The summed E-state index contributed by atoms with van der Waals surface area (Å²) in [7, 11) is 0. The Morgan fingerprint density at radius 2 is 2.36 bits per heavy atom. The van der Waals surface area contributed by atoms with Gasteiger partial charge in [0.15, 0.2) is 0 Å². The first-order chi connectivity index (χ1) is 6.77. The van der Waals surface area contributed by atoms with E-state index in [1.54, 1.807) is 0 Å². The Morgan fingerprint density at radius 3 is 3.00 bits per heavy atom. The molecule has 14 heavy (non-hydrogen) atoms. The summed E-state index contributed by atoms with van der Waals surface area (Å²) < 4.78 is 6.06. The smallest absolute Gasteiger partial charge is 0.0712 e. The second kappa shape index (κ2) is 3.79. The molecule has 2 aliphatic rings. The standard InChI is InChI=1S/C10H17N3O/c1-8-3-2-5-10(8)6-4-9(14-10)7-12-13-11/h8-9H,2-7H2,1H3/t8-,9-,10-/m1/s1. The van der Waals surface area contributed by atoms with Crippen LogP contribution in [0.3, 0.4) is 0 Å². The zero-order valence-corrected chi connectivity index (χ0v) is 8.65. The van der Waals surface area contributed by atoms with Crippen LogP contribution in [0.15, 0.2) is 5.11 Å². The maximum absolute atomic E-state index is 8.24. The van der Waals surface area contributed by atoms with E-state index in [1.807, 2.05) is 0 Å². The third-order valence-corrected chi connectivity index (χ3v) is 3.77. The van der Waals surface area contributed by atoms with Crippen molar-refractivity contribution >= 4 is 0 Å². The highest BCUT2D eigenvalue weighted by atomic mass is 16.5. The van der Waals surface area contributed by atoms with Crippen molar-refractivity contribution < 1.29 is 4.74 Å². The highest BCUT2D eigenvalue weighted by Gasteiger charge is 2.46. The average Bonchev–Trinajstić information content (AvgIpc) is 2.74. The zero-order valence-electron chi connectivity index (χ0n) is 8.65. The largest absolute Gasteiger partial charge is 0.371 e. The molecular formula is C10H17N3O. The fraction of sp³-hybridized carbons (Fsp3) is 1.00. The molecule has 0 aromatic rings. The van der Waals surface area contributed by atoms with Crippen LogP contribution in [0.1, 0.15) is 39.0 Å². The summed E-state index contributed by atoms with van der Waals surface area (Å²) in [6.07, 6.45) is 6.15. The van der Waals surface area contributed by atoms with Crippen molar-refractivity contribution in [2.24, 2.45) is 11.0 Å². The first kappa shape index (κ1) is 9.81. The van der Waals surface area contributed by atoms with Gasteiger partial charge < -0.3 is 4.74 Å². The summed E-state index contributed by atoms with van der Waals surface area (Å²) in [5, 5.41) is 3.59. The fourth-order valence-corrected chi connectivity index (χ4v) is 2.87. The first-order valence-electron chi connectivity index (χ1n) is 5.45. The summed E-state index contributed by atoms with van der Waals surface area (Å²) >= 11 is 0. The van der Waals surface area contributed by atoms with E-state index in [1.165, 1.54) is 19.3 Å². The molecule has 1 saturated carbocycles. The maximum Gasteiger partial charge on any atom is 0.0712 e. The summed E-state index contributed by atoms with van der Waals surface area (Å²) in [4.78, 5) is 2.78. The molecule has 78 valence electrons. The summed E-state index contributed by atoms with van der Waals surface area (Å²) in [6, 6.07) is 0. The molecule has 0 amide bonds. The van der Waals surface area contributed by atoms with E-state index < -0.39 is 0 Å². The molecule has 4 heteroatoms. The number of nitrogens with zero attached hydrogens (tertiary/aromatic N) is 3. The van der Waals surface area contributed by atoms with Crippen molar-refractivity contribution in [1.82, 2.24) is 0 Å². The molecule has 4 nitrogen and oxygen atoms in total. The van der Waals surface area contributed by atoms with Gasteiger partial charge in [-0.3, -0.25) is 0 Å². The van der Waals surface area contributed by atoms with Crippen molar-refractivity contribution in [2.75, 3.05) is 6.54 Å². The molecule has 0 N–H and O–H groups in total. The van der Waals surface area contributed by atoms with Gasteiger partial charge in [-0.25, -0.2) is 0 Å². The van der Waals surface area contributed by atoms with Gasteiger partial charge in [-0.15, -0.1) is 0 Å². The predicted octanol–water partition coefficient (Wildman–Crippen LogP) is 3.03. The minimum Gasteiger partial charge on any atom is -0.371 e. The lowest BCUT2D eigenvalue weighted by atomic mass is 9.89. The number of ether oxygens (including phenoxy) is 1. The minimum absolute atomic E-state index is 0.135. The van der Waals surface area contributed by atoms with Gasteiger partial charge in [0.05, 0.1) is 18.2 Å².